The van der Waals surface area contributed by atoms with Crippen LogP contribution in [0.25, 0.3) is 11.1 Å². The molecule has 3 aromatic rings. The minimum absolute atomic E-state index is 0.0715. The first-order valence-corrected chi connectivity index (χ1v) is 11.2. The van der Waals surface area contributed by atoms with E-state index < -0.39 is 0 Å². The van der Waals surface area contributed by atoms with Gasteiger partial charge in [0.25, 0.3) is 0 Å². The summed E-state index contributed by atoms with van der Waals surface area (Å²) in [5.74, 6) is 1.61. The third-order valence-electron chi connectivity index (χ3n) is 5.93. The molecule has 0 saturated heterocycles. The second-order valence-corrected chi connectivity index (χ2v) is 8.41. The lowest BCUT2D eigenvalue weighted by Crippen LogP contribution is -2.22. The van der Waals surface area contributed by atoms with Crippen LogP contribution in [0.15, 0.2) is 64.8 Å². The third kappa shape index (κ3) is 4.82. The Morgan fingerprint density at radius 3 is 2.68 bits per heavy atom. The van der Waals surface area contributed by atoms with Crippen LogP contribution in [0.4, 0.5) is 0 Å². The number of hydrogen-bond acceptors (Lipinski definition) is 5. The molecule has 176 valence electrons. The molecule has 0 fully saturated rings. The van der Waals surface area contributed by atoms with E-state index >= 15 is 0 Å². The fraction of sp³-hybridized carbons (Fsp3) is 0.222. The van der Waals surface area contributed by atoms with Crippen molar-refractivity contribution in [1.29, 1.82) is 0 Å². The summed E-state index contributed by atoms with van der Waals surface area (Å²) >= 11 is 6.16. The molecule has 0 unspecified atom stereocenters. The van der Waals surface area contributed by atoms with Gasteiger partial charge in [0.15, 0.2) is 11.5 Å². The van der Waals surface area contributed by atoms with E-state index in [2.05, 4.69) is 11.4 Å². The molecule has 2 aromatic carbocycles. The molecule has 1 aliphatic rings. The average molecular weight is 480 g/mol. The van der Waals surface area contributed by atoms with Crippen LogP contribution in [0.3, 0.4) is 0 Å². The van der Waals surface area contributed by atoms with Crippen LogP contribution < -0.4 is 14.8 Å². The Kier molecular flexibility index (Phi) is 6.98. The van der Waals surface area contributed by atoms with E-state index in [0.29, 0.717) is 24.5 Å². The second kappa shape index (κ2) is 10.1. The number of carbonyl (C=O) groups is 1. The maximum atomic E-state index is 12.7. The average Bonchev–Trinajstić information content (AvgIpc) is 3.45. The number of allylic oxidation sites excluding steroid dienone is 3. The number of methoxy groups -OCH3 is 2. The van der Waals surface area contributed by atoms with Gasteiger partial charge in [-0.25, -0.2) is 0 Å². The summed E-state index contributed by atoms with van der Waals surface area (Å²) in [6.07, 6.45) is 4.51. The Morgan fingerprint density at radius 2 is 1.97 bits per heavy atom. The summed E-state index contributed by atoms with van der Waals surface area (Å²) in [5.41, 5.74) is 5.97. The molecule has 0 radical (unpaired) electrons. The molecule has 34 heavy (non-hydrogen) atoms. The number of furan rings is 1. The van der Waals surface area contributed by atoms with Crippen molar-refractivity contribution in [3.05, 3.63) is 87.9 Å². The first-order valence-electron chi connectivity index (χ1n) is 10.8. The van der Waals surface area contributed by atoms with E-state index in [1.807, 2.05) is 31.2 Å². The number of hydrogen-bond donors (Lipinski definition) is 2. The van der Waals surface area contributed by atoms with Crippen LogP contribution in [0.1, 0.15) is 35.8 Å². The maximum absolute atomic E-state index is 12.7. The van der Waals surface area contributed by atoms with Crippen molar-refractivity contribution in [1.82, 2.24) is 5.32 Å². The number of phenols is 1. The van der Waals surface area contributed by atoms with Crippen molar-refractivity contribution >= 4 is 28.7 Å². The highest BCUT2D eigenvalue weighted by Gasteiger charge is 2.26. The zero-order valence-corrected chi connectivity index (χ0v) is 20.0. The summed E-state index contributed by atoms with van der Waals surface area (Å²) in [6, 6.07) is 13.0. The molecule has 2 N–H and O–H groups in total. The molecule has 1 aromatic heterocycles. The van der Waals surface area contributed by atoms with Gasteiger partial charge in [-0.15, -0.1) is 0 Å². The number of fused-ring (bicyclic) bond motifs is 1. The number of nitrogens with one attached hydrogen (secondary N) is 1. The van der Waals surface area contributed by atoms with Gasteiger partial charge in [-0.2, -0.15) is 0 Å². The van der Waals surface area contributed by atoms with E-state index in [0.717, 1.165) is 39.2 Å². The van der Waals surface area contributed by atoms with Gasteiger partial charge in [0, 0.05) is 0 Å². The molecule has 0 saturated carbocycles. The van der Waals surface area contributed by atoms with Crippen LogP contribution in [0, 0.1) is 0 Å². The van der Waals surface area contributed by atoms with E-state index in [9.17, 15) is 9.90 Å². The molecule has 4 rings (SSSR count). The van der Waals surface area contributed by atoms with E-state index in [4.69, 9.17) is 25.5 Å². The van der Waals surface area contributed by atoms with Gasteiger partial charge in [0.2, 0.25) is 5.91 Å². The molecular weight excluding hydrogens is 454 g/mol. The van der Waals surface area contributed by atoms with Crippen molar-refractivity contribution in [2.75, 3.05) is 14.2 Å². The number of amides is 1. The van der Waals surface area contributed by atoms with E-state index in [-0.39, 0.29) is 23.1 Å². The van der Waals surface area contributed by atoms with Crippen LogP contribution >= 0.6 is 11.6 Å². The maximum Gasteiger partial charge on any atom is 0.224 e. The highest BCUT2D eigenvalue weighted by atomic mass is 35.5. The summed E-state index contributed by atoms with van der Waals surface area (Å²) in [4.78, 5) is 12.7. The first kappa shape index (κ1) is 23.5. The fourth-order valence-corrected chi connectivity index (χ4v) is 4.37. The molecule has 1 aliphatic carbocycles. The largest absolute Gasteiger partial charge is 0.503 e. The van der Waals surface area contributed by atoms with Crippen LogP contribution in [0.5, 0.6) is 17.2 Å². The van der Waals surface area contributed by atoms with Crippen molar-refractivity contribution in [2.24, 2.45) is 0 Å². The molecule has 7 heteroatoms. The Bertz CT molecular complexity index is 1270. The van der Waals surface area contributed by atoms with Crippen molar-refractivity contribution < 1.29 is 23.8 Å². The molecule has 0 spiro atoms. The molecule has 1 amide bonds. The van der Waals surface area contributed by atoms with E-state index in [1.54, 1.807) is 31.6 Å². The second-order valence-electron chi connectivity index (χ2n) is 8.00. The van der Waals surface area contributed by atoms with Gasteiger partial charge in [0.05, 0.1) is 38.5 Å². The summed E-state index contributed by atoms with van der Waals surface area (Å²) in [5, 5.41) is 13.2. The lowest BCUT2D eigenvalue weighted by molar-refractivity contribution is -0.120. The van der Waals surface area contributed by atoms with Gasteiger partial charge in [-0.05, 0) is 83.2 Å². The van der Waals surface area contributed by atoms with Crippen molar-refractivity contribution in [2.45, 2.75) is 26.3 Å². The number of aromatic hydroxyl groups is 1. The van der Waals surface area contributed by atoms with E-state index in [1.165, 1.54) is 7.11 Å². The Balaban J connectivity index is 1.63. The molecule has 1 heterocycles. The smallest absolute Gasteiger partial charge is 0.224 e. The first-order chi connectivity index (χ1) is 16.4. The Morgan fingerprint density at radius 1 is 1.15 bits per heavy atom. The summed E-state index contributed by atoms with van der Waals surface area (Å²) in [6.45, 7) is 2.37. The van der Waals surface area contributed by atoms with Gasteiger partial charge in [0.1, 0.15) is 11.5 Å². The fourth-order valence-electron chi connectivity index (χ4n) is 4.13. The van der Waals surface area contributed by atoms with Crippen molar-refractivity contribution in [3.8, 4) is 17.2 Å². The van der Waals surface area contributed by atoms with Crippen LogP contribution in [-0.4, -0.2) is 25.2 Å². The molecule has 0 atom stereocenters. The topological polar surface area (TPSA) is 80.9 Å². The Labute approximate surface area is 203 Å². The van der Waals surface area contributed by atoms with Crippen molar-refractivity contribution in [3.63, 3.8) is 0 Å². The summed E-state index contributed by atoms with van der Waals surface area (Å²) < 4.78 is 16.0. The predicted octanol–water partition coefficient (Wildman–Crippen LogP) is 5.78. The van der Waals surface area contributed by atoms with Crippen LogP contribution in [0.2, 0.25) is 5.02 Å². The highest BCUT2D eigenvalue weighted by molar-refractivity contribution is 6.32. The third-order valence-corrected chi connectivity index (χ3v) is 6.21. The predicted molar refractivity (Wildman–Crippen MR) is 132 cm³/mol. The quantitative estimate of drug-likeness (QED) is 0.428. The molecule has 0 aliphatic heterocycles. The normalized spacial score (nSPS) is 13.8. The summed E-state index contributed by atoms with van der Waals surface area (Å²) in [7, 11) is 3.12. The standard InChI is InChI=1S/C27H26ClNO5/c1-16-20(8-6-17-11-24(28)27(31)25(12-17)33-3)21-9-7-18(32-2)13-23(21)22(16)14-26(30)29-15-19-5-4-10-34-19/h4-5,7-13,31H,6,14-15H2,1-3H3,(H,29,30)/b20-8-. The number of benzene rings is 2. The number of halogens is 1. The van der Waals surface area contributed by atoms with Gasteiger partial charge in [-0.3, -0.25) is 4.79 Å². The highest BCUT2D eigenvalue weighted by Crippen LogP contribution is 2.44. The van der Waals surface area contributed by atoms with Gasteiger partial charge >= 0.3 is 0 Å². The monoisotopic (exact) mass is 479 g/mol. The minimum Gasteiger partial charge on any atom is -0.503 e. The Hall–Kier alpha value is -3.64. The lowest BCUT2D eigenvalue weighted by atomic mass is 10.00. The zero-order valence-electron chi connectivity index (χ0n) is 19.3. The SMILES string of the molecule is COc1ccc2c(c1)C(CC(=O)NCc1ccco1)=C(C)/C2=C/Cc1cc(Cl)c(O)c(OC)c1. The molecular formula is C27H26ClNO5. The molecule has 6 nitrogen and oxygen atoms in total. The minimum atomic E-state index is -0.0872. The van der Waals surface area contributed by atoms with Gasteiger partial charge < -0.3 is 24.3 Å². The van der Waals surface area contributed by atoms with Gasteiger partial charge in [-0.1, -0.05) is 23.7 Å². The lowest BCUT2D eigenvalue weighted by Gasteiger charge is -2.09. The zero-order chi connectivity index (χ0) is 24.2. The number of phenolic OH excluding ortho intramolecular Hbond substituents is 1. The van der Waals surface area contributed by atoms with Crippen LogP contribution in [-0.2, 0) is 17.8 Å². The number of rotatable bonds is 8. The molecule has 0 bridgehead atoms. The number of ether oxygens (including phenoxy) is 2. The number of carbonyl (C=O) groups excluding carboxylic acids is 1.